The molecule has 0 amide bonds. The zero-order chi connectivity index (χ0) is 13.8. The van der Waals surface area contributed by atoms with Crippen molar-refractivity contribution in [2.24, 2.45) is 0 Å². The van der Waals surface area contributed by atoms with Crippen LogP contribution in [0.5, 0.6) is 0 Å². The molecule has 0 fully saturated rings. The molecule has 100 valence electrons. The van der Waals surface area contributed by atoms with Gasteiger partial charge in [0.2, 0.25) is 5.01 Å². The highest BCUT2D eigenvalue weighted by molar-refractivity contribution is 7.11. The van der Waals surface area contributed by atoms with Crippen LogP contribution in [0.3, 0.4) is 0 Å². The zero-order valence-corrected chi connectivity index (χ0v) is 11.7. The first kappa shape index (κ1) is 13.7. The minimum atomic E-state index is -0.969. The van der Waals surface area contributed by atoms with Crippen molar-refractivity contribution in [1.82, 2.24) is 10.3 Å². The van der Waals surface area contributed by atoms with Crippen molar-refractivity contribution in [3.05, 3.63) is 51.5 Å². The molecular formula is C14H16N2O2S. The second-order valence-electron chi connectivity index (χ2n) is 4.41. The number of hydrogen-bond acceptors (Lipinski definition) is 4. The minimum absolute atomic E-state index is 0.139. The average Bonchev–Trinajstić information content (AvgIpc) is 2.85. The monoisotopic (exact) mass is 276 g/mol. The summed E-state index contributed by atoms with van der Waals surface area (Å²) in [6, 6.07) is 8.42. The number of aromatic nitrogens is 1. The van der Waals surface area contributed by atoms with Gasteiger partial charge in [-0.2, -0.15) is 0 Å². The molecule has 2 rings (SSSR count). The Morgan fingerprint density at radius 2 is 2.21 bits per heavy atom. The van der Waals surface area contributed by atoms with Gasteiger partial charge in [0.15, 0.2) is 0 Å². The largest absolute Gasteiger partial charge is 0.476 e. The Morgan fingerprint density at radius 1 is 1.47 bits per heavy atom. The summed E-state index contributed by atoms with van der Waals surface area (Å²) in [6.07, 6.45) is 0. The molecule has 1 aromatic heterocycles. The Hall–Kier alpha value is -1.72. The van der Waals surface area contributed by atoms with Crippen LogP contribution < -0.4 is 5.32 Å². The number of aryl methyl sites for hydroxylation is 1. The molecule has 0 spiro atoms. The lowest BCUT2D eigenvalue weighted by molar-refractivity contribution is 0.0696. The number of aromatic carboxylic acids is 1. The normalized spacial score (nSPS) is 12.3. The SMILES string of the molecule is Cc1ccccc1C(C)NCc1csc(C(=O)O)n1. The maximum absolute atomic E-state index is 10.7. The molecule has 19 heavy (non-hydrogen) atoms. The molecule has 0 aliphatic rings. The fraction of sp³-hybridized carbons (Fsp3) is 0.286. The highest BCUT2D eigenvalue weighted by atomic mass is 32.1. The summed E-state index contributed by atoms with van der Waals surface area (Å²) in [6.45, 7) is 4.74. The smallest absolute Gasteiger partial charge is 0.365 e. The molecule has 1 aromatic carbocycles. The van der Waals surface area contributed by atoms with E-state index in [1.54, 1.807) is 5.38 Å². The lowest BCUT2D eigenvalue weighted by Gasteiger charge is -2.15. The van der Waals surface area contributed by atoms with Gasteiger partial charge in [0.1, 0.15) is 0 Å². The van der Waals surface area contributed by atoms with Crippen LogP contribution in [-0.4, -0.2) is 16.1 Å². The van der Waals surface area contributed by atoms with Crippen LogP contribution in [0, 0.1) is 6.92 Å². The Labute approximate surface area is 116 Å². The van der Waals surface area contributed by atoms with Crippen LogP contribution in [0.1, 0.15) is 39.6 Å². The van der Waals surface area contributed by atoms with Gasteiger partial charge in [0, 0.05) is 18.0 Å². The number of carboxylic acid groups (broad SMARTS) is 1. The Bertz CT molecular complexity index is 580. The summed E-state index contributed by atoms with van der Waals surface area (Å²) in [5, 5.41) is 14.1. The van der Waals surface area contributed by atoms with Crippen LogP contribution in [0.4, 0.5) is 0 Å². The number of nitrogens with one attached hydrogen (secondary N) is 1. The third-order valence-corrected chi connectivity index (χ3v) is 3.86. The second-order valence-corrected chi connectivity index (χ2v) is 5.27. The molecule has 2 N–H and O–H groups in total. The van der Waals surface area contributed by atoms with Crippen molar-refractivity contribution >= 4 is 17.3 Å². The van der Waals surface area contributed by atoms with E-state index in [4.69, 9.17) is 5.11 Å². The van der Waals surface area contributed by atoms with Crippen LogP contribution in [0.2, 0.25) is 0 Å². The quantitative estimate of drug-likeness (QED) is 0.881. The molecule has 0 saturated carbocycles. The maximum Gasteiger partial charge on any atom is 0.365 e. The van der Waals surface area contributed by atoms with Crippen LogP contribution in [0.15, 0.2) is 29.6 Å². The number of carbonyl (C=O) groups is 1. The van der Waals surface area contributed by atoms with Crippen molar-refractivity contribution < 1.29 is 9.90 Å². The molecule has 1 heterocycles. The molecule has 5 heteroatoms. The second kappa shape index (κ2) is 5.95. The lowest BCUT2D eigenvalue weighted by atomic mass is 10.0. The topological polar surface area (TPSA) is 62.2 Å². The van der Waals surface area contributed by atoms with Gasteiger partial charge in [-0.1, -0.05) is 24.3 Å². The summed E-state index contributed by atoms with van der Waals surface area (Å²) >= 11 is 1.16. The van der Waals surface area contributed by atoms with E-state index in [0.29, 0.717) is 6.54 Å². The number of nitrogens with zero attached hydrogens (tertiary/aromatic N) is 1. The van der Waals surface area contributed by atoms with Gasteiger partial charge in [0.05, 0.1) is 5.69 Å². The number of benzene rings is 1. The minimum Gasteiger partial charge on any atom is -0.476 e. The van der Waals surface area contributed by atoms with Crippen molar-refractivity contribution in [2.45, 2.75) is 26.4 Å². The van der Waals surface area contributed by atoms with E-state index >= 15 is 0 Å². The van der Waals surface area contributed by atoms with Gasteiger partial charge in [-0.25, -0.2) is 9.78 Å². The molecule has 1 atom stereocenters. The standard InChI is InChI=1S/C14H16N2O2S/c1-9-5-3-4-6-12(9)10(2)15-7-11-8-19-13(16-11)14(17)18/h3-6,8,10,15H,7H2,1-2H3,(H,17,18). The first-order valence-corrected chi connectivity index (χ1v) is 6.92. The van der Waals surface area contributed by atoms with E-state index in [0.717, 1.165) is 17.0 Å². The predicted octanol–water partition coefficient (Wildman–Crippen LogP) is 3.00. The predicted molar refractivity (Wildman–Crippen MR) is 75.5 cm³/mol. The Morgan fingerprint density at radius 3 is 2.84 bits per heavy atom. The fourth-order valence-electron chi connectivity index (χ4n) is 1.93. The maximum atomic E-state index is 10.7. The number of carboxylic acids is 1. The molecule has 0 aliphatic carbocycles. The first-order chi connectivity index (χ1) is 9.08. The molecule has 1 unspecified atom stereocenters. The van der Waals surface area contributed by atoms with Crippen molar-refractivity contribution in [3.63, 3.8) is 0 Å². The molecule has 2 aromatic rings. The van der Waals surface area contributed by atoms with Gasteiger partial charge in [-0.05, 0) is 25.0 Å². The average molecular weight is 276 g/mol. The third-order valence-electron chi connectivity index (χ3n) is 2.98. The highest BCUT2D eigenvalue weighted by Crippen LogP contribution is 2.17. The Kier molecular flexibility index (Phi) is 4.29. The molecular weight excluding hydrogens is 260 g/mol. The summed E-state index contributed by atoms with van der Waals surface area (Å²) < 4.78 is 0. The van der Waals surface area contributed by atoms with E-state index in [-0.39, 0.29) is 11.0 Å². The summed E-state index contributed by atoms with van der Waals surface area (Å²) in [5.74, 6) is -0.969. The molecule has 0 saturated heterocycles. The van der Waals surface area contributed by atoms with E-state index in [2.05, 4.69) is 36.3 Å². The van der Waals surface area contributed by atoms with Gasteiger partial charge in [0.25, 0.3) is 0 Å². The molecule has 0 aliphatic heterocycles. The number of rotatable bonds is 5. The van der Waals surface area contributed by atoms with Crippen LogP contribution in [-0.2, 0) is 6.54 Å². The molecule has 0 radical (unpaired) electrons. The van der Waals surface area contributed by atoms with Gasteiger partial charge in [-0.3, -0.25) is 0 Å². The van der Waals surface area contributed by atoms with Gasteiger partial charge >= 0.3 is 5.97 Å². The van der Waals surface area contributed by atoms with E-state index in [1.807, 2.05) is 12.1 Å². The van der Waals surface area contributed by atoms with E-state index < -0.39 is 5.97 Å². The lowest BCUT2D eigenvalue weighted by Crippen LogP contribution is -2.19. The zero-order valence-electron chi connectivity index (χ0n) is 10.9. The third kappa shape index (κ3) is 3.39. The molecule has 0 bridgehead atoms. The van der Waals surface area contributed by atoms with E-state index in [1.165, 1.54) is 11.1 Å². The summed E-state index contributed by atoms with van der Waals surface area (Å²) in [4.78, 5) is 14.8. The molecule has 4 nitrogen and oxygen atoms in total. The summed E-state index contributed by atoms with van der Waals surface area (Å²) in [5.41, 5.74) is 3.26. The van der Waals surface area contributed by atoms with Gasteiger partial charge < -0.3 is 10.4 Å². The van der Waals surface area contributed by atoms with Crippen LogP contribution >= 0.6 is 11.3 Å². The number of thiazole rings is 1. The van der Waals surface area contributed by atoms with Gasteiger partial charge in [-0.15, -0.1) is 11.3 Å². The first-order valence-electron chi connectivity index (χ1n) is 6.04. The summed E-state index contributed by atoms with van der Waals surface area (Å²) in [7, 11) is 0. The number of hydrogen-bond donors (Lipinski definition) is 2. The van der Waals surface area contributed by atoms with E-state index in [9.17, 15) is 4.79 Å². The Balaban J connectivity index is 1.98. The van der Waals surface area contributed by atoms with Crippen molar-refractivity contribution in [3.8, 4) is 0 Å². The van der Waals surface area contributed by atoms with Crippen molar-refractivity contribution in [2.75, 3.05) is 0 Å². The fourth-order valence-corrected chi connectivity index (χ4v) is 2.58. The van der Waals surface area contributed by atoms with Crippen LogP contribution in [0.25, 0.3) is 0 Å². The van der Waals surface area contributed by atoms with Crippen molar-refractivity contribution in [1.29, 1.82) is 0 Å². The highest BCUT2D eigenvalue weighted by Gasteiger charge is 2.11.